The van der Waals surface area contributed by atoms with Crippen LogP contribution in [0.25, 0.3) is 23.4 Å². The largest absolute Gasteiger partial charge is 0.358 e. The predicted octanol–water partition coefficient (Wildman–Crippen LogP) is 4.33. The zero-order valence-corrected chi connectivity index (χ0v) is 14.5. The van der Waals surface area contributed by atoms with Crippen LogP contribution in [0.2, 0.25) is 5.02 Å². The van der Waals surface area contributed by atoms with Crippen molar-refractivity contribution in [2.45, 2.75) is 6.42 Å². The van der Waals surface area contributed by atoms with Gasteiger partial charge in [-0.3, -0.25) is 9.78 Å². The van der Waals surface area contributed by atoms with Crippen molar-refractivity contribution in [1.29, 1.82) is 0 Å². The van der Waals surface area contributed by atoms with Crippen molar-refractivity contribution in [3.8, 4) is 11.3 Å². The number of nitrogens with one attached hydrogen (secondary N) is 2. The van der Waals surface area contributed by atoms with Crippen LogP contribution in [0.1, 0.15) is 27.3 Å². The molecule has 4 rings (SSSR count). The Balaban J connectivity index is 1.62. The minimum atomic E-state index is -0.453. The van der Waals surface area contributed by atoms with Gasteiger partial charge < -0.3 is 10.3 Å². The summed E-state index contributed by atoms with van der Waals surface area (Å²) < 4.78 is 13.5. The first-order chi connectivity index (χ1) is 12.6. The molecule has 0 unspecified atom stereocenters. The van der Waals surface area contributed by atoms with Crippen LogP contribution in [0.15, 0.2) is 42.6 Å². The van der Waals surface area contributed by atoms with Gasteiger partial charge in [-0.15, -0.1) is 0 Å². The van der Waals surface area contributed by atoms with E-state index in [0.29, 0.717) is 17.7 Å². The van der Waals surface area contributed by atoms with Gasteiger partial charge in [0.25, 0.3) is 5.91 Å². The molecule has 3 aromatic rings. The topological polar surface area (TPSA) is 57.8 Å². The van der Waals surface area contributed by atoms with Gasteiger partial charge in [-0.05, 0) is 42.0 Å². The van der Waals surface area contributed by atoms with E-state index in [4.69, 9.17) is 11.6 Å². The summed E-state index contributed by atoms with van der Waals surface area (Å²) in [7, 11) is 0. The van der Waals surface area contributed by atoms with Crippen LogP contribution in [-0.2, 0) is 6.42 Å². The fourth-order valence-electron chi connectivity index (χ4n) is 2.95. The average molecular weight is 368 g/mol. The molecule has 1 aliphatic heterocycles. The smallest absolute Gasteiger partial charge is 0.253 e. The molecule has 26 heavy (non-hydrogen) atoms. The van der Waals surface area contributed by atoms with Gasteiger partial charge in [0.15, 0.2) is 0 Å². The molecule has 0 saturated heterocycles. The fourth-order valence-corrected chi connectivity index (χ4v) is 3.07. The number of H-pyrrole nitrogens is 1. The third kappa shape index (κ3) is 3.26. The zero-order chi connectivity index (χ0) is 18.1. The molecule has 1 amide bonds. The number of aromatic amines is 1. The molecule has 0 aliphatic carbocycles. The number of hydrogen-bond donors (Lipinski definition) is 2. The highest BCUT2D eigenvalue weighted by Crippen LogP contribution is 2.25. The molecule has 4 nitrogen and oxygen atoms in total. The van der Waals surface area contributed by atoms with Crippen LogP contribution in [0, 0.1) is 5.82 Å². The fraction of sp³-hybridized carbons (Fsp3) is 0.100. The first-order valence-corrected chi connectivity index (χ1v) is 8.57. The second kappa shape index (κ2) is 6.77. The highest BCUT2D eigenvalue weighted by atomic mass is 35.5. The van der Waals surface area contributed by atoms with E-state index in [1.54, 1.807) is 18.3 Å². The van der Waals surface area contributed by atoms with Crippen molar-refractivity contribution >= 4 is 29.7 Å². The molecule has 0 bridgehead atoms. The van der Waals surface area contributed by atoms with Gasteiger partial charge in [-0.2, -0.15) is 0 Å². The summed E-state index contributed by atoms with van der Waals surface area (Å²) in [6, 6.07) is 10.3. The normalized spacial score (nSPS) is 13.7. The monoisotopic (exact) mass is 367 g/mol. The Kier molecular flexibility index (Phi) is 4.31. The lowest BCUT2D eigenvalue weighted by Crippen LogP contribution is -2.31. The molecular weight excluding hydrogens is 353 g/mol. The van der Waals surface area contributed by atoms with Crippen molar-refractivity contribution in [3.05, 3.63) is 75.9 Å². The average Bonchev–Trinajstić information content (AvgIpc) is 3.09. The number of carbonyl (C=O) groups excluding carboxylic acids is 1. The number of benzene rings is 1. The van der Waals surface area contributed by atoms with Crippen LogP contribution >= 0.6 is 11.6 Å². The molecule has 0 saturated carbocycles. The third-order valence-electron chi connectivity index (χ3n) is 4.29. The summed E-state index contributed by atoms with van der Waals surface area (Å²) in [6.45, 7) is 0.647. The minimum absolute atomic E-state index is 0.0484. The lowest BCUT2D eigenvalue weighted by Gasteiger charge is -2.10. The van der Waals surface area contributed by atoms with Gasteiger partial charge in [0.2, 0.25) is 0 Å². The Bertz CT molecular complexity index is 1030. The first kappa shape index (κ1) is 16.5. The molecule has 0 spiro atoms. The summed E-state index contributed by atoms with van der Waals surface area (Å²) in [5, 5.41) is 2.94. The summed E-state index contributed by atoms with van der Waals surface area (Å²) in [6.07, 6.45) is 6.08. The molecule has 0 atom stereocenters. The molecule has 1 aliphatic rings. The standard InChI is InChI=1S/C20H15ClFN3O/c21-16-4-2-12(9-17(16)22)1-3-14-10-13(5-7-23-14)19-11-15-18(25-19)6-8-24-20(15)26/h1-5,7,9-11,25H,6,8H2,(H,24,26)/b3-1+. The number of hydrogen-bond acceptors (Lipinski definition) is 2. The van der Waals surface area contributed by atoms with Crippen LogP contribution < -0.4 is 5.32 Å². The molecule has 6 heteroatoms. The molecular formula is C20H15ClFN3O. The van der Waals surface area contributed by atoms with E-state index in [0.717, 1.165) is 29.1 Å². The first-order valence-electron chi connectivity index (χ1n) is 8.20. The summed E-state index contributed by atoms with van der Waals surface area (Å²) in [5.74, 6) is -0.501. The van der Waals surface area contributed by atoms with E-state index in [-0.39, 0.29) is 10.9 Å². The van der Waals surface area contributed by atoms with Gasteiger partial charge in [0.05, 0.1) is 16.3 Å². The Morgan fingerprint density at radius 3 is 2.85 bits per heavy atom. The Labute approximate surface area is 154 Å². The van der Waals surface area contributed by atoms with Crippen LogP contribution in [0.4, 0.5) is 4.39 Å². The molecule has 2 aromatic heterocycles. The van der Waals surface area contributed by atoms with Gasteiger partial charge in [0, 0.05) is 36.1 Å². The lowest BCUT2D eigenvalue weighted by molar-refractivity contribution is 0.0946. The Hall–Kier alpha value is -2.92. The van der Waals surface area contributed by atoms with E-state index in [9.17, 15) is 9.18 Å². The molecule has 1 aromatic carbocycles. The minimum Gasteiger partial charge on any atom is -0.358 e. The molecule has 130 valence electrons. The molecule has 0 radical (unpaired) electrons. The zero-order valence-electron chi connectivity index (χ0n) is 13.7. The van der Waals surface area contributed by atoms with Crippen LogP contribution in [0.5, 0.6) is 0 Å². The quantitative estimate of drug-likeness (QED) is 0.724. The highest BCUT2D eigenvalue weighted by molar-refractivity contribution is 6.30. The van der Waals surface area contributed by atoms with Gasteiger partial charge in [-0.1, -0.05) is 23.7 Å². The van der Waals surface area contributed by atoms with E-state index in [1.165, 1.54) is 12.1 Å². The number of fused-ring (bicyclic) bond motifs is 1. The van der Waals surface area contributed by atoms with Gasteiger partial charge in [0.1, 0.15) is 5.82 Å². The maximum absolute atomic E-state index is 13.5. The van der Waals surface area contributed by atoms with Gasteiger partial charge in [-0.25, -0.2) is 4.39 Å². The Morgan fingerprint density at radius 1 is 1.15 bits per heavy atom. The van der Waals surface area contributed by atoms with Crippen LogP contribution in [-0.4, -0.2) is 22.4 Å². The second-order valence-electron chi connectivity index (χ2n) is 6.06. The van der Waals surface area contributed by atoms with Crippen molar-refractivity contribution < 1.29 is 9.18 Å². The number of rotatable bonds is 3. The second-order valence-corrected chi connectivity index (χ2v) is 6.46. The number of pyridine rings is 1. The van der Waals surface area contributed by atoms with Crippen molar-refractivity contribution in [1.82, 2.24) is 15.3 Å². The summed E-state index contributed by atoms with van der Waals surface area (Å²) in [5.41, 5.74) is 4.89. The lowest BCUT2D eigenvalue weighted by atomic mass is 10.1. The maximum atomic E-state index is 13.5. The predicted molar refractivity (Wildman–Crippen MR) is 100 cm³/mol. The third-order valence-corrected chi connectivity index (χ3v) is 4.59. The van der Waals surface area contributed by atoms with E-state index < -0.39 is 5.82 Å². The maximum Gasteiger partial charge on any atom is 0.253 e. The summed E-state index contributed by atoms with van der Waals surface area (Å²) in [4.78, 5) is 19.5. The van der Waals surface area contributed by atoms with Crippen LogP contribution in [0.3, 0.4) is 0 Å². The van der Waals surface area contributed by atoms with Gasteiger partial charge >= 0.3 is 0 Å². The number of carbonyl (C=O) groups is 1. The highest BCUT2D eigenvalue weighted by Gasteiger charge is 2.19. The van der Waals surface area contributed by atoms with Crippen molar-refractivity contribution in [2.75, 3.05) is 6.54 Å². The van der Waals surface area contributed by atoms with E-state index in [2.05, 4.69) is 15.3 Å². The van der Waals surface area contributed by atoms with E-state index >= 15 is 0 Å². The number of aromatic nitrogens is 2. The number of amides is 1. The molecule has 3 heterocycles. The SMILES string of the molecule is O=C1NCCc2[nH]c(-c3ccnc(/C=C/c4ccc(Cl)c(F)c4)c3)cc21. The van der Waals surface area contributed by atoms with Crippen molar-refractivity contribution in [2.24, 2.45) is 0 Å². The summed E-state index contributed by atoms with van der Waals surface area (Å²) >= 11 is 5.70. The van der Waals surface area contributed by atoms with Crippen molar-refractivity contribution in [3.63, 3.8) is 0 Å². The Morgan fingerprint density at radius 2 is 2.04 bits per heavy atom. The molecule has 2 N–H and O–H groups in total. The van der Waals surface area contributed by atoms with E-state index in [1.807, 2.05) is 24.3 Å². The number of nitrogens with zero attached hydrogens (tertiary/aromatic N) is 1. The number of halogens is 2. The molecule has 0 fully saturated rings.